The zero-order valence-electron chi connectivity index (χ0n) is 12.1. The number of rotatable bonds is 5. The van der Waals surface area contributed by atoms with Gasteiger partial charge < -0.3 is 9.73 Å². The molecule has 4 heteroatoms. The third kappa shape index (κ3) is 3.15. The molecule has 1 amide bonds. The summed E-state index contributed by atoms with van der Waals surface area (Å²) in [5.41, 5.74) is 2.25. The maximum Gasteiger partial charge on any atom is 0.336 e. The first kappa shape index (κ1) is 13.9. The second kappa shape index (κ2) is 5.72. The molecular weight excluding hydrogens is 266 g/mol. The number of nitrogens with one attached hydrogen (secondary N) is 1. The summed E-state index contributed by atoms with van der Waals surface area (Å²) in [5, 5.41) is 3.83. The minimum absolute atomic E-state index is 0.0844. The van der Waals surface area contributed by atoms with Crippen molar-refractivity contribution in [3.63, 3.8) is 0 Å². The van der Waals surface area contributed by atoms with Crippen molar-refractivity contribution in [2.24, 2.45) is 5.92 Å². The van der Waals surface area contributed by atoms with Gasteiger partial charge in [0.2, 0.25) is 5.91 Å². The molecule has 0 atom stereocenters. The number of fused-ring (bicyclic) bond motifs is 1. The van der Waals surface area contributed by atoms with E-state index in [0.717, 1.165) is 36.6 Å². The minimum atomic E-state index is -0.374. The highest BCUT2D eigenvalue weighted by Gasteiger charge is 2.29. The van der Waals surface area contributed by atoms with Crippen LogP contribution in [0.1, 0.15) is 37.3 Å². The molecular formula is C17H19NO3. The van der Waals surface area contributed by atoms with Crippen LogP contribution >= 0.6 is 0 Å². The lowest BCUT2D eigenvalue weighted by atomic mass is 10.0. The van der Waals surface area contributed by atoms with E-state index < -0.39 is 0 Å². The van der Waals surface area contributed by atoms with Crippen LogP contribution in [0.5, 0.6) is 0 Å². The van der Waals surface area contributed by atoms with Crippen LogP contribution in [0.2, 0.25) is 0 Å². The molecule has 0 unspecified atom stereocenters. The molecule has 110 valence electrons. The van der Waals surface area contributed by atoms with Crippen LogP contribution in [-0.4, -0.2) is 5.91 Å². The predicted molar refractivity (Wildman–Crippen MR) is 81.0 cm³/mol. The zero-order valence-corrected chi connectivity index (χ0v) is 12.1. The molecule has 0 saturated heterocycles. The average Bonchev–Trinajstić information content (AvgIpc) is 3.29. The summed E-state index contributed by atoms with van der Waals surface area (Å²) in [6.07, 6.45) is 4.01. The van der Waals surface area contributed by atoms with Gasteiger partial charge in [0.25, 0.3) is 0 Å². The lowest BCUT2D eigenvalue weighted by Gasteiger charge is -2.08. The predicted octanol–water partition coefficient (Wildman–Crippen LogP) is 2.77. The molecule has 0 bridgehead atoms. The summed E-state index contributed by atoms with van der Waals surface area (Å²) >= 11 is 0. The fourth-order valence-corrected chi connectivity index (χ4v) is 2.54. The van der Waals surface area contributed by atoms with Crippen LogP contribution in [0, 0.1) is 5.92 Å². The molecule has 1 fully saturated rings. The van der Waals surface area contributed by atoms with E-state index in [1.54, 1.807) is 0 Å². The van der Waals surface area contributed by atoms with E-state index in [4.69, 9.17) is 4.42 Å². The number of hydrogen-bond donors (Lipinski definition) is 1. The van der Waals surface area contributed by atoms with E-state index >= 15 is 0 Å². The number of hydrogen-bond acceptors (Lipinski definition) is 3. The molecule has 1 aromatic heterocycles. The standard InChI is InChI=1S/C17H19NO3/c1-2-3-11-4-7-15-14(8-11)13(9-16(19)21-15)10-18-17(20)12-5-6-12/h4,7-9,12H,2-3,5-6,10H2,1H3,(H,18,20). The summed E-state index contributed by atoms with van der Waals surface area (Å²) in [7, 11) is 0. The third-order valence-corrected chi connectivity index (χ3v) is 3.83. The van der Waals surface area contributed by atoms with Gasteiger partial charge in [-0.05, 0) is 42.5 Å². The van der Waals surface area contributed by atoms with Gasteiger partial charge in [0.05, 0.1) is 0 Å². The second-order valence-corrected chi connectivity index (χ2v) is 5.66. The number of carbonyl (C=O) groups is 1. The Labute approximate surface area is 123 Å². The van der Waals surface area contributed by atoms with E-state index in [9.17, 15) is 9.59 Å². The molecule has 1 aliphatic carbocycles. The third-order valence-electron chi connectivity index (χ3n) is 3.83. The second-order valence-electron chi connectivity index (χ2n) is 5.66. The van der Waals surface area contributed by atoms with Crippen molar-refractivity contribution in [1.82, 2.24) is 5.32 Å². The SMILES string of the molecule is CCCc1ccc2oc(=O)cc(CNC(=O)C3CC3)c2c1. The molecule has 21 heavy (non-hydrogen) atoms. The zero-order chi connectivity index (χ0) is 14.8. The van der Waals surface area contributed by atoms with Gasteiger partial charge in [0, 0.05) is 23.9 Å². The fraction of sp³-hybridized carbons (Fsp3) is 0.412. The Morgan fingerprint density at radius 1 is 1.33 bits per heavy atom. The highest BCUT2D eigenvalue weighted by atomic mass is 16.4. The Kier molecular flexibility index (Phi) is 3.78. The van der Waals surface area contributed by atoms with Gasteiger partial charge in [-0.3, -0.25) is 4.79 Å². The smallest absolute Gasteiger partial charge is 0.336 e. The molecule has 4 nitrogen and oxygen atoms in total. The summed E-state index contributed by atoms with van der Waals surface area (Å²) in [6.45, 7) is 2.51. The van der Waals surface area contributed by atoms with E-state index in [-0.39, 0.29) is 17.5 Å². The number of benzene rings is 1. The van der Waals surface area contributed by atoms with Gasteiger partial charge >= 0.3 is 5.63 Å². The Morgan fingerprint density at radius 3 is 2.86 bits per heavy atom. The van der Waals surface area contributed by atoms with Crippen molar-refractivity contribution < 1.29 is 9.21 Å². The normalized spacial score (nSPS) is 14.3. The first-order valence-corrected chi connectivity index (χ1v) is 7.50. The molecule has 0 radical (unpaired) electrons. The van der Waals surface area contributed by atoms with Crippen LogP contribution in [0.4, 0.5) is 0 Å². The minimum Gasteiger partial charge on any atom is -0.423 e. The molecule has 2 aromatic rings. The van der Waals surface area contributed by atoms with E-state index in [2.05, 4.69) is 18.3 Å². The summed E-state index contributed by atoms with van der Waals surface area (Å²) in [5.74, 6) is 0.258. The quantitative estimate of drug-likeness (QED) is 0.859. The molecule has 1 aliphatic rings. The van der Waals surface area contributed by atoms with Crippen molar-refractivity contribution in [3.05, 3.63) is 45.8 Å². The summed E-state index contributed by atoms with van der Waals surface area (Å²) < 4.78 is 5.23. The molecule has 0 aliphatic heterocycles. The molecule has 1 saturated carbocycles. The van der Waals surface area contributed by atoms with Crippen molar-refractivity contribution in [2.75, 3.05) is 0 Å². The Balaban J connectivity index is 1.92. The highest BCUT2D eigenvalue weighted by Crippen LogP contribution is 2.29. The Hall–Kier alpha value is -2.10. The van der Waals surface area contributed by atoms with Gasteiger partial charge in [-0.2, -0.15) is 0 Å². The van der Waals surface area contributed by atoms with Crippen LogP contribution in [0.15, 0.2) is 33.5 Å². The van der Waals surface area contributed by atoms with E-state index in [1.807, 2.05) is 12.1 Å². The van der Waals surface area contributed by atoms with Gasteiger partial charge in [0.1, 0.15) is 5.58 Å². The van der Waals surface area contributed by atoms with Crippen molar-refractivity contribution in [3.8, 4) is 0 Å². The first-order valence-electron chi connectivity index (χ1n) is 7.50. The summed E-state index contributed by atoms with van der Waals surface area (Å²) in [4.78, 5) is 23.4. The van der Waals surface area contributed by atoms with E-state index in [0.29, 0.717) is 12.1 Å². The van der Waals surface area contributed by atoms with Crippen LogP contribution in [-0.2, 0) is 17.8 Å². The van der Waals surface area contributed by atoms with Crippen LogP contribution in [0.25, 0.3) is 11.0 Å². The van der Waals surface area contributed by atoms with E-state index in [1.165, 1.54) is 11.6 Å². The molecule has 0 spiro atoms. The molecule has 1 N–H and O–H groups in total. The number of aryl methyl sites for hydroxylation is 1. The summed E-state index contributed by atoms with van der Waals surface area (Å²) in [6, 6.07) is 7.36. The van der Waals surface area contributed by atoms with Crippen LogP contribution < -0.4 is 10.9 Å². The number of amides is 1. The number of carbonyl (C=O) groups excluding carboxylic acids is 1. The Morgan fingerprint density at radius 2 is 2.14 bits per heavy atom. The van der Waals surface area contributed by atoms with Gasteiger partial charge in [0.15, 0.2) is 0 Å². The first-order chi connectivity index (χ1) is 10.2. The highest BCUT2D eigenvalue weighted by molar-refractivity contribution is 5.83. The van der Waals surface area contributed by atoms with Crippen molar-refractivity contribution >= 4 is 16.9 Å². The maximum absolute atomic E-state index is 11.8. The average molecular weight is 285 g/mol. The van der Waals surface area contributed by atoms with Gasteiger partial charge in [-0.1, -0.05) is 19.4 Å². The fourth-order valence-electron chi connectivity index (χ4n) is 2.54. The van der Waals surface area contributed by atoms with Crippen LogP contribution in [0.3, 0.4) is 0 Å². The molecule has 1 aromatic carbocycles. The molecule has 3 rings (SSSR count). The largest absolute Gasteiger partial charge is 0.423 e. The monoisotopic (exact) mass is 285 g/mol. The lowest BCUT2D eigenvalue weighted by Crippen LogP contribution is -2.24. The molecule has 1 heterocycles. The Bertz CT molecular complexity index is 728. The lowest BCUT2D eigenvalue weighted by molar-refractivity contribution is -0.122. The van der Waals surface area contributed by atoms with Gasteiger partial charge in [-0.15, -0.1) is 0 Å². The topological polar surface area (TPSA) is 59.3 Å². The van der Waals surface area contributed by atoms with Crippen molar-refractivity contribution in [1.29, 1.82) is 0 Å². The van der Waals surface area contributed by atoms with Gasteiger partial charge in [-0.25, -0.2) is 4.79 Å². The van der Waals surface area contributed by atoms with Crippen molar-refractivity contribution in [2.45, 2.75) is 39.2 Å². The maximum atomic E-state index is 11.8.